The molecule has 2 heteroatoms. The van der Waals surface area contributed by atoms with Crippen LogP contribution in [-0.4, -0.2) is 12.6 Å². The maximum Gasteiger partial charge on any atom is 0.126 e. The highest BCUT2D eigenvalue weighted by atomic mass is 19.1. The molecule has 0 radical (unpaired) electrons. The smallest absolute Gasteiger partial charge is 0.126 e. The van der Waals surface area contributed by atoms with Crippen molar-refractivity contribution in [3.8, 4) is 12.3 Å². The number of unbranched alkanes of at least 4 members (excludes halogenated alkanes) is 1. The molecule has 1 aromatic rings. The zero-order valence-electron chi connectivity index (χ0n) is 9.95. The molecule has 0 aromatic heterocycles. The van der Waals surface area contributed by atoms with Crippen LogP contribution >= 0.6 is 0 Å². The van der Waals surface area contributed by atoms with Gasteiger partial charge in [-0.3, -0.25) is 0 Å². The van der Waals surface area contributed by atoms with Crippen LogP contribution < -0.4 is 5.32 Å². The highest BCUT2D eigenvalue weighted by Gasteiger charge is 2.31. The van der Waals surface area contributed by atoms with Crippen molar-refractivity contribution in [2.24, 2.45) is 0 Å². The fourth-order valence-electron chi connectivity index (χ4n) is 2.34. The molecule has 1 nitrogen and oxygen atoms in total. The van der Waals surface area contributed by atoms with Crippen LogP contribution in [0.4, 0.5) is 4.39 Å². The van der Waals surface area contributed by atoms with E-state index in [9.17, 15) is 4.39 Å². The molecule has 90 valence electrons. The maximum atomic E-state index is 13.5. The van der Waals surface area contributed by atoms with Crippen LogP contribution in [0.1, 0.15) is 37.2 Å². The second-order valence-corrected chi connectivity index (χ2v) is 4.65. The van der Waals surface area contributed by atoms with Gasteiger partial charge in [0.1, 0.15) is 5.82 Å². The fraction of sp³-hybridized carbons (Fsp3) is 0.467. The number of rotatable bonds is 5. The van der Waals surface area contributed by atoms with Gasteiger partial charge in [-0.2, -0.15) is 0 Å². The average molecular weight is 231 g/mol. The lowest BCUT2D eigenvalue weighted by Gasteiger charge is -2.36. The van der Waals surface area contributed by atoms with Crippen molar-refractivity contribution in [3.63, 3.8) is 0 Å². The number of nitrogens with one attached hydrogen (secondary N) is 1. The first-order chi connectivity index (χ1) is 8.31. The van der Waals surface area contributed by atoms with Gasteiger partial charge in [-0.05, 0) is 43.4 Å². The maximum absolute atomic E-state index is 13.5. The summed E-state index contributed by atoms with van der Waals surface area (Å²) in [6.07, 6.45) is 9.12. The van der Waals surface area contributed by atoms with Crippen LogP contribution in [0.3, 0.4) is 0 Å². The Kier molecular flexibility index (Phi) is 4.17. The van der Waals surface area contributed by atoms with E-state index in [4.69, 9.17) is 6.42 Å². The molecule has 0 saturated heterocycles. The number of terminal acetylenes is 1. The fourth-order valence-corrected chi connectivity index (χ4v) is 2.34. The zero-order chi connectivity index (χ0) is 12.1. The minimum atomic E-state index is -0.0664. The lowest BCUT2D eigenvalue weighted by Crippen LogP contribution is -2.40. The minimum absolute atomic E-state index is 0.0664. The van der Waals surface area contributed by atoms with Gasteiger partial charge in [0, 0.05) is 12.5 Å². The molecular formula is C15H18FN. The van der Waals surface area contributed by atoms with Crippen molar-refractivity contribution in [1.82, 2.24) is 5.32 Å². The topological polar surface area (TPSA) is 12.0 Å². The van der Waals surface area contributed by atoms with Gasteiger partial charge in [-0.25, -0.2) is 4.39 Å². The first-order valence-corrected chi connectivity index (χ1v) is 6.22. The third-order valence-electron chi connectivity index (χ3n) is 3.41. The van der Waals surface area contributed by atoms with Gasteiger partial charge in [0.25, 0.3) is 0 Å². The summed E-state index contributed by atoms with van der Waals surface area (Å²) in [5, 5.41) is 3.46. The lowest BCUT2D eigenvalue weighted by atomic mass is 9.75. The van der Waals surface area contributed by atoms with E-state index in [1.165, 1.54) is 0 Å². The Labute approximate surface area is 102 Å². The van der Waals surface area contributed by atoms with Gasteiger partial charge in [0.2, 0.25) is 0 Å². The Morgan fingerprint density at radius 2 is 2.12 bits per heavy atom. The molecule has 0 amide bonds. The standard InChI is InChI=1S/C15H18FN/c1-2-3-6-9-17-13-10-12(11-13)14-7-4-5-8-15(14)16/h1,4-5,7-8,12-13,17H,3,6,9-11H2. The number of halogens is 1. The summed E-state index contributed by atoms with van der Waals surface area (Å²) >= 11 is 0. The largest absolute Gasteiger partial charge is 0.314 e. The summed E-state index contributed by atoms with van der Waals surface area (Å²) in [5.74, 6) is 2.95. The Hall–Kier alpha value is -1.33. The Morgan fingerprint density at radius 1 is 1.35 bits per heavy atom. The van der Waals surface area contributed by atoms with Crippen molar-refractivity contribution in [3.05, 3.63) is 35.6 Å². The molecular weight excluding hydrogens is 213 g/mol. The van der Waals surface area contributed by atoms with Gasteiger partial charge in [0.05, 0.1) is 0 Å². The SMILES string of the molecule is C#CCCCNC1CC(c2ccccc2F)C1. The molecule has 1 aliphatic carbocycles. The Balaban J connectivity index is 1.72. The van der Waals surface area contributed by atoms with E-state index >= 15 is 0 Å². The molecule has 1 aliphatic rings. The zero-order valence-corrected chi connectivity index (χ0v) is 9.95. The number of hydrogen-bond acceptors (Lipinski definition) is 1. The quantitative estimate of drug-likeness (QED) is 0.606. The Morgan fingerprint density at radius 3 is 2.82 bits per heavy atom. The van der Waals surface area contributed by atoms with E-state index in [2.05, 4.69) is 11.2 Å². The molecule has 2 rings (SSSR count). The predicted molar refractivity (Wildman–Crippen MR) is 68.2 cm³/mol. The van der Waals surface area contributed by atoms with E-state index in [1.54, 1.807) is 12.1 Å². The predicted octanol–water partition coefficient (Wildman–Crippen LogP) is 3.07. The summed E-state index contributed by atoms with van der Waals surface area (Å²) in [7, 11) is 0. The molecule has 1 N–H and O–H groups in total. The van der Waals surface area contributed by atoms with Gasteiger partial charge in [-0.15, -0.1) is 12.3 Å². The van der Waals surface area contributed by atoms with Gasteiger partial charge >= 0.3 is 0 Å². The molecule has 0 atom stereocenters. The second-order valence-electron chi connectivity index (χ2n) is 4.65. The molecule has 1 saturated carbocycles. The third kappa shape index (κ3) is 3.08. The second kappa shape index (κ2) is 5.84. The average Bonchev–Trinajstić information content (AvgIpc) is 2.28. The molecule has 0 bridgehead atoms. The van der Waals surface area contributed by atoms with Crippen LogP contribution in [0.5, 0.6) is 0 Å². The van der Waals surface area contributed by atoms with E-state index in [0.717, 1.165) is 37.8 Å². The number of hydrogen-bond donors (Lipinski definition) is 1. The number of benzene rings is 1. The van der Waals surface area contributed by atoms with Gasteiger partial charge in [-0.1, -0.05) is 18.2 Å². The van der Waals surface area contributed by atoms with E-state index in [-0.39, 0.29) is 5.82 Å². The molecule has 0 unspecified atom stereocenters. The van der Waals surface area contributed by atoms with Crippen molar-refractivity contribution < 1.29 is 4.39 Å². The van der Waals surface area contributed by atoms with Crippen LogP contribution in [0.15, 0.2) is 24.3 Å². The monoisotopic (exact) mass is 231 g/mol. The third-order valence-corrected chi connectivity index (χ3v) is 3.41. The van der Waals surface area contributed by atoms with Crippen LogP contribution in [0.25, 0.3) is 0 Å². The summed E-state index contributed by atoms with van der Waals surface area (Å²) in [4.78, 5) is 0. The summed E-state index contributed by atoms with van der Waals surface area (Å²) in [6.45, 7) is 0.971. The molecule has 1 aromatic carbocycles. The molecule has 0 aliphatic heterocycles. The highest BCUT2D eigenvalue weighted by molar-refractivity contribution is 5.24. The highest BCUT2D eigenvalue weighted by Crippen LogP contribution is 2.37. The Bertz CT molecular complexity index is 402. The van der Waals surface area contributed by atoms with Crippen LogP contribution in [0.2, 0.25) is 0 Å². The summed E-state index contributed by atoms with van der Waals surface area (Å²) in [6, 6.07) is 7.63. The van der Waals surface area contributed by atoms with E-state index in [1.807, 2.05) is 12.1 Å². The van der Waals surface area contributed by atoms with Gasteiger partial charge in [0.15, 0.2) is 0 Å². The van der Waals surface area contributed by atoms with Crippen molar-refractivity contribution in [1.29, 1.82) is 0 Å². The lowest BCUT2D eigenvalue weighted by molar-refractivity contribution is 0.285. The molecule has 0 heterocycles. The molecule has 0 spiro atoms. The molecule has 1 fully saturated rings. The van der Waals surface area contributed by atoms with Gasteiger partial charge < -0.3 is 5.32 Å². The summed E-state index contributed by atoms with van der Waals surface area (Å²) < 4.78 is 13.5. The summed E-state index contributed by atoms with van der Waals surface area (Å²) in [5.41, 5.74) is 0.870. The first kappa shape index (κ1) is 12.1. The van der Waals surface area contributed by atoms with Crippen LogP contribution in [0, 0.1) is 18.2 Å². The van der Waals surface area contributed by atoms with E-state index < -0.39 is 0 Å². The van der Waals surface area contributed by atoms with Crippen molar-refractivity contribution >= 4 is 0 Å². The van der Waals surface area contributed by atoms with Crippen LogP contribution in [-0.2, 0) is 0 Å². The first-order valence-electron chi connectivity index (χ1n) is 6.22. The minimum Gasteiger partial charge on any atom is -0.314 e. The van der Waals surface area contributed by atoms with Crippen molar-refractivity contribution in [2.75, 3.05) is 6.54 Å². The molecule has 17 heavy (non-hydrogen) atoms. The van der Waals surface area contributed by atoms with Crippen molar-refractivity contribution in [2.45, 2.75) is 37.6 Å². The van der Waals surface area contributed by atoms with E-state index in [0.29, 0.717) is 12.0 Å². The normalized spacial score (nSPS) is 22.8.